The number of hydrogen-bond donors (Lipinski definition) is 1. The predicted octanol–water partition coefficient (Wildman–Crippen LogP) is 5.00. The molecule has 0 aliphatic carbocycles. The van der Waals surface area contributed by atoms with E-state index in [1.54, 1.807) is 25.3 Å². The zero-order chi connectivity index (χ0) is 20.6. The van der Waals surface area contributed by atoms with Gasteiger partial charge in [0.05, 0.1) is 13.3 Å². The number of carbonyl (C=O) groups excluding carboxylic acids is 1. The summed E-state index contributed by atoms with van der Waals surface area (Å²) in [4.78, 5) is 12.2. The summed E-state index contributed by atoms with van der Waals surface area (Å²) < 4.78 is 11.4. The minimum Gasteiger partial charge on any atom is -0.493 e. The summed E-state index contributed by atoms with van der Waals surface area (Å²) in [6.07, 6.45) is 1.54. The van der Waals surface area contributed by atoms with Crippen LogP contribution >= 0.6 is 11.6 Å². The smallest absolute Gasteiger partial charge is 0.271 e. The molecule has 29 heavy (non-hydrogen) atoms. The lowest BCUT2D eigenvalue weighted by molar-refractivity contribution is 0.0955. The maximum Gasteiger partial charge on any atom is 0.271 e. The number of ether oxygens (including phenoxy) is 2. The van der Waals surface area contributed by atoms with E-state index in [2.05, 4.69) is 10.5 Å². The highest BCUT2D eigenvalue weighted by atomic mass is 35.5. The molecule has 0 aliphatic heterocycles. The van der Waals surface area contributed by atoms with Crippen molar-refractivity contribution in [3.63, 3.8) is 0 Å². The second-order valence-corrected chi connectivity index (χ2v) is 6.80. The molecule has 148 valence electrons. The van der Waals surface area contributed by atoms with Gasteiger partial charge in [0.2, 0.25) is 0 Å². The Hall–Kier alpha value is -3.31. The van der Waals surface area contributed by atoms with Gasteiger partial charge in [-0.2, -0.15) is 5.10 Å². The average molecular weight is 409 g/mol. The number of aryl methyl sites for hydroxylation is 1. The fraction of sp³-hybridized carbons (Fsp3) is 0.130. The molecule has 3 rings (SSSR count). The van der Waals surface area contributed by atoms with Crippen LogP contribution in [-0.4, -0.2) is 19.2 Å². The number of para-hydroxylation sites is 1. The molecule has 0 unspecified atom stereocenters. The Morgan fingerprint density at radius 1 is 1.10 bits per heavy atom. The first-order valence-corrected chi connectivity index (χ1v) is 9.39. The molecule has 0 bridgehead atoms. The van der Waals surface area contributed by atoms with Crippen LogP contribution in [0.3, 0.4) is 0 Å². The van der Waals surface area contributed by atoms with E-state index in [0.29, 0.717) is 34.3 Å². The largest absolute Gasteiger partial charge is 0.493 e. The summed E-state index contributed by atoms with van der Waals surface area (Å²) in [6, 6.07) is 20.2. The van der Waals surface area contributed by atoms with E-state index in [1.165, 1.54) is 6.21 Å². The normalized spacial score (nSPS) is 10.7. The molecule has 1 amide bonds. The van der Waals surface area contributed by atoms with Crippen LogP contribution in [0.15, 0.2) is 71.8 Å². The summed E-state index contributed by atoms with van der Waals surface area (Å²) in [6.45, 7) is 2.27. The van der Waals surface area contributed by atoms with Crippen molar-refractivity contribution in [2.75, 3.05) is 7.11 Å². The molecule has 5 nitrogen and oxygen atoms in total. The number of benzene rings is 3. The van der Waals surface area contributed by atoms with Crippen molar-refractivity contribution in [2.24, 2.45) is 5.10 Å². The molecule has 0 atom stereocenters. The van der Waals surface area contributed by atoms with Crippen LogP contribution in [-0.2, 0) is 6.61 Å². The number of nitrogens with one attached hydrogen (secondary N) is 1. The molecule has 0 spiro atoms. The van der Waals surface area contributed by atoms with E-state index >= 15 is 0 Å². The molecule has 3 aromatic carbocycles. The van der Waals surface area contributed by atoms with E-state index in [0.717, 1.165) is 11.1 Å². The third-order valence-corrected chi connectivity index (χ3v) is 4.43. The molecule has 1 N–H and O–H groups in total. The van der Waals surface area contributed by atoms with Crippen LogP contribution in [0.5, 0.6) is 11.5 Å². The molecule has 0 saturated heterocycles. The highest BCUT2D eigenvalue weighted by Gasteiger charge is 2.10. The van der Waals surface area contributed by atoms with Gasteiger partial charge in [0.25, 0.3) is 5.91 Å². The number of rotatable bonds is 7. The first-order valence-electron chi connectivity index (χ1n) is 9.01. The first kappa shape index (κ1) is 20.4. The van der Waals surface area contributed by atoms with Gasteiger partial charge in [-0.1, -0.05) is 47.5 Å². The lowest BCUT2D eigenvalue weighted by Crippen LogP contribution is -2.17. The fourth-order valence-electron chi connectivity index (χ4n) is 2.70. The van der Waals surface area contributed by atoms with Crippen molar-refractivity contribution in [2.45, 2.75) is 13.5 Å². The van der Waals surface area contributed by atoms with E-state index < -0.39 is 0 Å². The minimum absolute atomic E-state index is 0.281. The maximum atomic E-state index is 12.2. The molecule has 3 aromatic rings. The van der Waals surface area contributed by atoms with Crippen molar-refractivity contribution < 1.29 is 14.3 Å². The third-order valence-electron chi connectivity index (χ3n) is 4.18. The van der Waals surface area contributed by atoms with Gasteiger partial charge >= 0.3 is 0 Å². The number of nitrogens with zero attached hydrogens (tertiary/aromatic N) is 1. The van der Waals surface area contributed by atoms with Crippen LogP contribution < -0.4 is 14.9 Å². The first-order chi connectivity index (χ1) is 14.1. The topological polar surface area (TPSA) is 59.9 Å². The van der Waals surface area contributed by atoms with Crippen molar-refractivity contribution in [3.05, 3.63) is 94.0 Å². The van der Waals surface area contributed by atoms with Crippen molar-refractivity contribution >= 4 is 23.7 Å². The zero-order valence-corrected chi connectivity index (χ0v) is 16.9. The van der Waals surface area contributed by atoms with E-state index in [4.69, 9.17) is 21.1 Å². The Kier molecular flexibility index (Phi) is 6.87. The van der Waals surface area contributed by atoms with Crippen molar-refractivity contribution in [3.8, 4) is 11.5 Å². The van der Waals surface area contributed by atoms with E-state index in [-0.39, 0.29) is 5.91 Å². The number of hydrogen-bond acceptors (Lipinski definition) is 4. The van der Waals surface area contributed by atoms with Crippen molar-refractivity contribution in [1.29, 1.82) is 0 Å². The lowest BCUT2D eigenvalue weighted by atomic mass is 10.1. The predicted molar refractivity (Wildman–Crippen MR) is 115 cm³/mol. The molecular weight excluding hydrogens is 388 g/mol. The van der Waals surface area contributed by atoms with E-state index in [9.17, 15) is 4.79 Å². The Labute approximate surface area is 174 Å². The van der Waals surface area contributed by atoms with Gasteiger partial charge in [-0.25, -0.2) is 5.43 Å². The van der Waals surface area contributed by atoms with Gasteiger partial charge < -0.3 is 9.47 Å². The maximum absolute atomic E-state index is 12.2. The monoisotopic (exact) mass is 408 g/mol. The van der Waals surface area contributed by atoms with Gasteiger partial charge in [-0.15, -0.1) is 0 Å². The molecule has 6 heteroatoms. The van der Waals surface area contributed by atoms with Crippen LogP contribution in [0.4, 0.5) is 0 Å². The molecule has 0 saturated carbocycles. The van der Waals surface area contributed by atoms with Gasteiger partial charge in [0, 0.05) is 16.1 Å². The highest BCUT2D eigenvalue weighted by Crippen LogP contribution is 2.31. The van der Waals surface area contributed by atoms with Gasteiger partial charge in [-0.05, 0) is 48.9 Å². The number of carbonyl (C=O) groups is 1. The number of amides is 1. The fourth-order valence-corrected chi connectivity index (χ4v) is 2.82. The van der Waals surface area contributed by atoms with E-state index in [1.807, 2.05) is 55.5 Å². The second kappa shape index (κ2) is 9.75. The van der Waals surface area contributed by atoms with Gasteiger partial charge in [0.15, 0.2) is 11.5 Å². The van der Waals surface area contributed by atoms with Crippen LogP contribution in [0.1, 0.15) is 27.0 Å². The Balaban J connectivity index is 1.73. The summed E-state index contributed by atoms with van der Waals surface area (Å²) in [5.74, 6) is 0.836. The van der Waals surface area contributed by atoms with Crippen LogP contribution in [0.2, 0.25) is 5.02 Å². The highest BCUT2D eigenvalue weighted by molar-refractivity contribution is 6.30. The Morgan fingerprint density at radius 3 is 2.59 bits per heavy atom. The molecule has 0 heterocycles. The summed E-state index contributed by atoms with van der Waals surface area (Å²) in [7, 11) is 1.57. The minimum atomic E-state index is -0.281. The summed E-state index contributed by atoms with van der Waals surface area (Å²) >= 11 is 5.92. The third kappa shape index (κ3) is 5.59. The summed E-state index contributed by atoms with van der Waals surface area (Å²) in [5, 5.41) is 4.74. The second-order valence-electron chi connectivity index (χ2n) is 6.36. The lowest BCUT2D eigenvalue weighted by Gasteiger charge is -2.13. The molecule has 0 radical (unpaired) electrons. The van der Waals surface area contributed by atoms with Crippen LogP contribution in [0.25, 0.3) is 0 Å². The van der Waals surface area contributed by atoms with Gasteiger partial charge in [-0.3, -0.25) is 4.79 Å². The van der Waals surface area contributed by atoms with Crippen LogP contribution in [0, 0.1) is 6.92 Å². The standard InChI is InChI=1S/C23H21ClN2O3/c1-16-5-3-6-18(13-16)23(27)26-25-14-19-7-4-8-21(28-2)22(19)29-15-17-9-11-20(24)12-10-17/h3-14H,15H2,1-2H3,(H,26,27)/b25-14+. The molecular formula is C23H21ClN2O3. The average Bonchev–Trinajstić information content (AvgIpc) is 2.73. The summed E-state index contributed by atoms with van der Waals surface area (Å²) in [5.41, 5.74) is 5.75. The Bertz CT molecular complexity index is 1020. The molecule has 0 aliphatic rings. The SMILES string of the molecule is COc1cccc(/C=N/NC(=O)c2cccc(C)c2)c1OCc1ccc(Cl)cc1. The Morgan fingerprint density at radius 2 is 1.86 bits per heavy atom. The van der Waals surface area contributed by atoms with Gasteiger partial charge in [0.1, 0.15) is 6.61 Å². The molecule has 0 fully saturated rings. The van der Waals surface area contributed by atoms with Crippen molar-refractivity contribution in [1.82, 2.24) is 5.43 Å². The molecule has 0 aromatic heterocycles. The quantitative estimate of drug-likeness (QED) is 0.442. The zero-order valence-electron chi connectivity index (χ0n) is 16.2. The number of methoxy groups -OCH3 is 1. The number of halogens is 1. The number of hydrazone groups is 1.